The first-order valence-electron chi connectivity index (χ1n) is 9.29. The number of aromatic nitrogens is 3. The number of carbonyl (C=O) groups excluding carboxylic acids is 2. The number of rotatable bonds is 8. The quantitative estimate of drug-likeness (QED) is 0.275. The summed E-state index contributed by atoms with van der Waals surface area (Å²) < 4.78 is 10.9. The topological polar surface area (TPSA) is 123 Å². The number of amides is 2. The molecule has 3 aromatic heterocycles. The van der Waals surface area contributed by atoms with E-state index in [0.717, 1.165) is 11.3 Å². The van der Waals surface area contributed by atoms with Crippen molar-refractivity contribution in [1.82, 2.24) is 20.7 Å². The molecule has 0 fully saturated rings. The lowest BCUT2D eigenvalue weighted by molar-refractivity contribution is -0.118. The van der Waals surface area contributed by atoms with Crippen LogP contribution in [0.25, 0.3) is 11.3 Å². The van der Waals surface area contributed by atoms with Crippen LogP contribution in [-0.2, 0) is 11.3 Å². The van der Waals surface area contributed by atoms with Gasteiger partial charge in [0.05, 0.1) is 23.6 Å². The summed E-state index contributed by atoms with van der Waals surface area (Å²) in [6.45, 7) is 1.96. The van der Waals surface area contributed by atoms with Crippen LogP contribution in [0.4, 0.5) is 5.13 Å². The lowest BCUT2D eigenvalue weighted by Gasteiger charge is -2.04. The number of hydrogen-bond acceptors (Lipinski definition) is 9. The number of benzene rings is 1. The predicted molar refractivity (Wildman–Crippen MR) is 121 cm³/mol. The average Bonchev–Trinajstić information content (AvgIpc) is 3.52. The molecule has 32 heavy (non-hydrogen) atoms. The van der Waals surface area contributed by atoms with Crippen molar-refractivity contribution in [2.45, 2.75) is 17.8 Å². The van der Waals surface area contributed by atoms with Gasteiger partial charge in [-0.3, -0.25) is 14.9 Å². The second kappa shape index (κ2) is 9.98. The second-order valence-electron chi connectivity index (χ2n) is 6.41. The molecule has 0 bridgehead atoms. The summed E-state index contributed by atoms with van der Waals surface area (Å²) in [5, 5.41) is 18.2. The summed E-state index contributed by atoms with van der Waals surface area (Å²) in [4.78, 5) is 24.9. The summed E-state index contributed by atoms with van der Waals surface area (Å²) in [7, 11) is 0. The van der Waals surface area contributed by atoms with Crippen LogP contribution in [0.5, 0.6) is 0 Å². The zero-order valence-corrected chi connectivity index (χ0v) is 19.0. The highest BCUT2D eigenvalue weighted by atomic mass is 35.5. The molecule has 0 saturated carbocycles. The molecule has 0 radical (unpaired) electrons. The van der Waals surface area contributed by atoms with Crippen LogP contribution in [0.1, 0.15) is 21.9 Å². The molecule has 0 atom stereocenters. The van der Waals surface area contributed by atoms with Gasteiger partial charge in [0.2, 0.25) is 11.0 Å². The van der Waals surface area contributed by atoms with E-state index in [1.807, 2.05) is 0 Å². The van der Waals surface area contributed by atoms with Crippen molar-refractivity contribution in [3.63, 3.8) is 0 Å². The molecular formula is C20H16ClN5O4S2. The Morgan fingerprint density at radius 2 is 2.03 bits per heavy atom. The number of anilines is 1. The highest BCUT2D eigenvalue weighted by molar-refractivity contribution is 8.01. The van der Waals surface area contributed by atoms with E-state index in [-0.39, 0.29) is 17.2 Å². The number of furan rings is 1. The molecule has 9 nitrogen and oxygen atoms in total. The molecule has 1 aromatic carbocycles. The molecule has 0 unspecified atom stereocenters. The monoisotopic (exact) mass is 489 g/mol. The summed E-state index contributed by atoms with van der Waals surface area (Å²) in [5.74, 6) is 0.568. The highest BCUT2D eigenvalue weighted by Gasteiger charge is 2.24. The van der Waals surface area contributed by atoms with Crippen LogP contribution in [-0.4, -0.2) is 32.9 Å². The number of nitrogens with one attached hydrogen (secondary N) is 2. The molecule has 0 aliphatic heterocycles. The lowest BCUT2D eigenvalue weighted by atomic mass is 10.1. The van der Waals surface area contributed by atoms with Gasteiger partial charge in [-0.1, -0.05) is 58.1 Å². The second-order valence-corrected chi connectivity index (χ2v) is 9.02. The Morgan fingerprint density at radius 1 is 1.19 bits per heavy atom. The van der Waals surface area contributed by atoms with Gasteiger partial charge in [0.25, 0.3) is 5.91 Å². The van der Waals surface area contributed by atoms with E-state index in [4.69, 9.17) is 20.5 Å². The van der Waals surface area contributed by atoms with Crippen molar-refractivity contribution in [2.24, 2.45) is 0 Å². The minimum Gasteiger partial charge on any atom is -0.467 e. The first kappa shape index (κ1) is 22.1. The van der Waals surface area contributed by atoms with Crippen molar-refractivity contribution in [3.8, 4) is 11.3 Å². The van der Waals surface area contributed by atoms with E-state index in [0.29, 0.717) is 43.8 Å². The largest absolute Gasteiger partial charge is 0.467 e. The zero-order chi connectivity index (χ0) is 22.5. The first-order chi connectivity index (χ1) is 15.5. The third kappa shape index (κ3) is 5.18. The van der Waals surface area contributed by atoms with Crippen LogP contribution < -0.4 is 10.6 Å². The summed E-state index contributed by atoms with van der Waals surface area (Å²) in [6, 6.07) is 10.6. The summed E-state index contributed by atoms with van der Waals surface area (Å²) in [6.07, 6.45) is 1.55. The maximum atomic E-state index is 12.9. The average molecular weight is 490 g/mol. The Bertz CT molecular complexity index is 1240. The number of nitrogens with zero attached hydrogens (tertiary/aromatic N) is 3. The Balaban J connectivity index is 1.37. The lowest BCUT2D eigenvalue weighted by Crippen LogP contribution is -2.24. The Morgan fingerprint density at radius 3 is 2.81 bits per heavy atom. The van der Waals surface area contributed by atoms with Gasteiger partial charge in [-0.15, -0.1) is 10.2 Å². The maximum Gasteiger partial charge on any atom is 0.263 e. The van der Waals surface area contributed by atoms with Crippen LogP contribution in [0.3, 0.4) is 0 Å². The first-order valence-corrected chi connectivity index (χ1v) is 11.5. The predicted octanol–water partition coefficient (Wildman–Crippen LogP) is 4.41. The molecule has 3 heterocycles. The maximum absolute atomic E-state index is 12.9. The van der Waals surface area contributed by atoms with Gasteiger partial charge in [-0.05, 0) is 25.1 Å². The van der Waals surface area contributed by atoms with Gasteiger partial charge in [0, 0.05) is 5.56 Å². The van der Waals surface area contributed by atoms with E-state index in [2.05, 4.69) is 26.0 Å². The fourth-order valence-corrected chi connectivity index (χ4v) is 4.53. The van der Waals surface area contributed by atoms with E-state index < -0.39 is 5.91 Å². The minimum atomic E-state index is -0.442. The van der Waals surface area contributed by atoms with Crippen molar-refractivity contribution in [1.29, 1.82) is 0 Å². The van der Waals surface area contributed by atoms with Gasteiger partial charge in [-0.2, -0.15) is 0 Å². The Labute approximate surface area is 195 Å². The zero-order valence-electron chi connectivity index (χ0n) is 16.6. The normalized spacial score (nSPS) is 10.8. The molecule has 2 N–H and O–H groups in total. The number of aryl methyl sites for hydroxylation is 1. The molecule has 4 aromatic rings. The standard InChI is InChI=1S/C20H16ClN5O4S2/c1-11-16(17(26-30-11)13-6-2-3-7-14(13)21)18(28)23-19-24-25-20(32-19)31-10-15(27)22-9-12-5-4-8-29-12/h2-8H,9-10H2,1H3,(H,22,27)(H,23,24,28). The van der Waals surface area contributed by atoms with Crippen molar-refractivity contribution < 1.29 is 18.5 Å². The van der Waals surface area contributed by atoms with Crippen molar-refractivity contribution in [3.05, 3.63) is 64.8 Å². The SMILES string of the molecule is Cc1onc(-c2ccccc2Cl)c1C(=O)Nc1nnc(SCC(=O)NCc2ccco2)s1. The summed E-state index contributed by atoms with van der Waals surface area (Å²) in [5.41, 5.74) is 1.20. The molecule has 2 amide bonds. The van der Waals surface area contributed by atoms with Crippen LogP contribution in [0, 0.1) is 6.92 Å². The van der Waals surface area contributed by atoms with Crippen molar-refractivity contribution in [2.75, 3.05) is 11.1 Å². The van der Waals surface area contributed by atoms with Gasteiger partial charge < -0.3 is 14.3 Å². The Kier molecular flexibility index (Phi) is 6.88. The van der Waals surface area contributed by atoms with E-state index in [1.54, 1.807) is 49.6 Å². The van der Waals surface area contributed by atoms with Crippen molar-refractivity contribution >= 4 is 51.6 Å². The third-order valence-corrected chi connectivity index (χ3v) is 6.51. The van der Waals surface area contributed by atoms with Crippen LogP contribution >= 0.6 is 34.7 Å². The van der Waals surface area contributed by atoms with E-state index in [9.17, 15) is 9.59 Å². The smallest absolute Gasteiger partial charge is 0.263 e. The molecule has 12 heteroatoms. The Hall–Kier alpha value is -3.15. The van der Waals surface area contributed by atoms with Gasteiger partial charge in [-0.25, -0.2) is 0 Å². The van der Waals surface area contributed by atoms with Gasteiger partial charge >= 0.3 is 0 Å². The van der Waals surface area contributed by atoms with E-state index >= 15 is 0 Å². The summed E-state index contributed by atoms with van der Waals surface area (Å²) >= 11 is 8.62. The highest BCUT2D eigenvalue weighted by Crippen LogP contribution is 2.32. The number of hydrogen-bond donors (Lipinski definition) is 2. The fraction of sp³-hybridized carbons (Fsp3) is 0.150. The molecule has 164 valence electrons. The van der Waals surface area contributed by atoms with E-state index in [1.165, 1.54) is 11.8 Å². The molecule has 0 aliphatic carbocycles. The molecular weight excluding hydrogens is 474 g/mol. The van der Waals surface area contributed by atoms with Crippen LogP contribution in [0.2, 0.25) is 5.02 Å². The molecule has 4 rings (SSSR count). The molecule has 0 saturated heterocycles. The fourth-order valence-electron chi connectivity index (χ4n) is 2.73. The van der Waals surface area contributed by atoms with Gasteiger partial charge in [0.15, 0.2) is 4.34 Å². The third-order valence-electron chi connectivity index (χ3n) is 4.21. The number of thioether (sulfide) groups is 1. The van der Waals surface area contributed by atoms with Crippen LogP contribution in [0.15, 0.2) is 55.9 Å². The number of carbonyl (C=O) groups is 2. The van der Waals surface area contributed by atoms with Gasteiger partial charge in [0.1, 0.15) is 22.8 Å². The number of halogens is 1. The molecule has 0 spiro atoms. The minimum absolute atomic E-state index is 0.157. The molecule has 0 aliphatic rings.